The summed E-state index contributed by atoms with van der Waals surface area (Å²) < 4.78 is 25.5. The van der Waals surface area contributed by atoms with Crippen LogP contribution in [0.25, 0.3) is 44.2 Å². The van der Waals surface area contributed by atoms with Gasteiger partial charge in [0.2, 0.25) is 0 Å². The van der Waals surface area contributed by atoms with Crippen molar-refractivity contribution >= 4 is 21.8 Å². The number of aromatic amines is 1. The molecule has 0 aliphatic rings. The van der Waals surface area contributed by atoms with Gasteiger partial charge in [0.25, 0.3) is 0 Å². The van der Waals surface area contributed by atoms with Crippen molar-refractivity contribution in [3.63, 3.8) is 0 Å². The van der Waals surface area contributed by atoms with Gasteiger partial charge in [0.05, 0.1) is 29.6 Å². The first-order chi connectivity index (χ1) is 14.1. The Balaban J connectivity index is 1.86. The zero-order valence-corrected chi connectivity index (χ0v) is 16.2. The van der Waals surface area contributed by atoms with Crippen molar-refractivity contribution in [2.75, 3.05) is 7.11 Å². The quantitative estimate of drug-likeness (QED) is 0.425. The lowest BCUT2D eigenvalue weighted by molar-refractivity contribution is 0.393. The van der Waals surface area contributed by atoms with E-state index < -0.39 is 0 Å². The van der Waals surface area contributed by atoms with Crippen LogP contribution < -0.4 is 4.74 Å². The molecular weight excluding hydrogens is 369 g/mol. The number of fused-ring (bicyclic) bond motifs is 3. The van der Waals surface area contributed by atoms with Crippen LogP contribution >= 0.6 is 0 Å². The minimum absolute atomic E-state index is 0.304. The van der Waals surface area contributed by atoms with Gasteiger partial charge in [-0.25, -0.2) is 4.39 Å². The van der Waals surface area contributed by atoms with Gasteiger partial charge in [-0.05, 0) is 44.2 Å². The molecule has 3 heterocycles. The second-order valence-corrected chi connectivity index (χ2v) is 6.98. The molecule has 0 atom stereocenters. The topological polar surface area (TPSA) is 63.9 Å². The molecule has 0 saturated heterocycles. The number of nitrogens with zero attached hydrogens (tertiary/aromatic N) is 2. The molecule has 6 heteroatoms. The van der Waals surface area contributed by atoms with Crippen molar-refractivity contribution in [1.82, 2.24) is 15.1 Å². The van der Waals surface area contributed by atoms with Crippen molar-refractivity contribution < 1.29 is 13.7 Å². The molecule has 0 unspecified atom stereocenters. The molecule has 0 amide bonds. The summed E-state index contributed by atoms with van der Waals surface area (Å²) in [7, 11) is 1.63. The SMILES string of the molecule is COc1cc2c(cc1-c1c(C)noc1C)[nH]c1ccnc(-c3ccccc3F)c12. The first-order valence-corrected chi connectivity index (χ1v) is 9.25. The van der Waals surface area contributed by atoms with Gasteiger partial charge in [0.15, 0.2) is 0 Å². The largest absolute Gasteiger partial charge is 0.496 e. The second-order valence-electron chi connectivity index (χ2n) is 6.98. The normalized spacial score (nSPS) is 11.4. The minimum Gasteiger partial charge on any atom is -0.496 e. The van der Waals surface area contributed by atoms with Gasteiger partial charge < -0.3 is 14.2 Å². The van der Waals surface area contributed by atoms with Crippen LogP contribution in [0.2, 0.25) is 0 Å². The average molecular weight is 387 g/mol. The number of H-pyrrole nitrogens is 1. The monoisotopic (exact) mass is 387 g/mol. The van der Waals surface area contributed by atoms with E-state index in [1.54, 1.807) is 25.4 Å². The first kappa shape index (κ1) is 17.4. The Labute approximate surface area is 166 Å². The molecule has 0 fully saturated rings. The Hall–Kier alpha value is -3.67. The summed E-state index contributed by atoms with van der Waals surface area (Å²) in [5.41, 5.74) is 5.45. The highest BCUT2D eigenvalue weighted by molar-refractivity contribution is 6.14. The van der Waals surface area contributed by atoms with Crippen molar-refractivity contribution in [3.8, 4) is 28.1 Å². The summed E-state index contributed by atoms with van der Waals surface area (Å²) in [6.45, 7) is 3.78. The molecule has 0 bridgehead atoms. The molecule has 5 nitrogen and oxygen atoms in total. The highest BCUT2D eigenvalue weighted by Gasteiger charge is 2.20. The van der Waals surface area contributed by atoms with Crippen LogP contribution in [0, 0.1) is 19.7 Å². The molecule has 5 rings (SSSR count). The lowest BCUT2D eigenvalue weighted by Crippen LogP contribution is -1.91. The molecule has 29 heavy (non-hydrogen) atoms. The van der Waals surface area contributed by atoms with E-state index >= 15 is 0 Å². The number of benzene rings is 2. The number of aromatic nitrogens is 3. The molecule has 0 aliphatic carbocycles. The van der Waals surface area contributed by atoms with Crippen molar-refractivity contribution in [2.45, 2.75) is 13.8 Å². The number of hydrogen-bond acceptors (Lipinski definition) is 4. The Morgan fingerprint density at radius 3 is 2.59 bits per heavy atom. The zero-order chi connectivity index (χ0) is 20.1. The molecular formula is C23H18FN3O2. The molecule has 0 saturated carbocycles. The second kappa shape index (κ2) is 6.44. The standard InChI is InChI=1S/C23H18FN3O2/c1-12-21(13(2)29-27-12)16-10-19-15(11-20(16)28-3)22-18(26-19)8-9-25-23(22)14-6-4-5-7-17(14)24/h4-11,26H,1-3H3. The number of halogens is 1. The maximum Gasteiger partial charge on any atom is 0.141 e. The molecule has 5 aromatic rings. The zero-order valence-electron chi connectivity index (χ0n) is 16.2. The lowest BCUT2D eigenvalue weighted by atomic mass is 9.99. The van der Waals surface area contributed by atoms with Gasteiger partial charge in [0, 0.05) is 33.6 Å². The van der Waals surface area contributed by atoms with Gasteiger partial charge in [-0.1, -0.05) is 17.3 Å². The maximum atomic E-state index is 14.5. The van der Waals surface area contributed by atoms with E-state index in [1.165, 1.54) is 6.07 Å². The van der Waals surface area contributed by atoms with Crippen LogP contribution in [-0.4, -0.2) is 22.2 Å². The summed E-state index contributed by atoms with van der Waals surface area (Å²) in [4.78, 5) is 7.92. The number of hydrogen-bond donors (Lipinski definition) is 1. The molecule has 3 aromatic heterocycles. The van der Waals surface area contributed by atoms with Crippen molar-refractivity contribution in [1.29, 1.82) is 0 Å². The Morgan fingerprint density at radius 1 is 1.03 bits per heavy atom. The molecule has 0 radical (unpaired) electrons. The van der Waals surface area contributed by atoms with E-state index in [2.05, 4.69) is 15.1 Å². The number of aryl methyl sites for hydroxylation is 2. The van der Waals surface area contributed by atoms with Gasteiger partial charge >= 0.3 is 0 Å². The first-order valence-electron chi connectivity index (χ1n) is 9.25. The van der Waals surface area contributed by atoms with Crippen LogP contribution in [-0.2, 0) is 0 Å². The minimum atomic E-state index is -0.304. The van der Waals surface area contributed by atoms with Crippen molar-refractivity contribution in [3.05, 3.63) is 65.9 Å². The predicted octanol–water partition coefficient (Wildman–Crippen LogP) is 5.80. The smallest absolute Gasteiger partial charge is 0.141 e. The summed E-state index contributed by atoms with van der Waals surface area (Å²) >= 11 is 0. The summed E-state index contributed by atoms with van der Waals surface area (Å²) in [5.74, 6) is 1.11. The van der Waals surface area contributed by atoms with Gasteiger partial charge in [-0.2, -0.15) is 0 Å². The molecule has 144 valence electrons. The Morgan fingerprint density at radius 2 is 1.86 bits per heavy atom. The van der Waals surface area contributed by atoms with Crippen LogP contribution in [0.5, 0.6) is 5.75 Å². The van der Waals surface area contributed by atoms with E-state index in [9.17, 15) is 4.39 Å². The summed E-state index contributed by atoms with van der Waals surface area (Å²) in [5, 5.41) is 5.83. The molecule has 0 spiro atoms. The number of pyridine rings is 1. The predicted molar refractivity (Wildman–Crippen MR) is 111 cm³/mol. The number of rotatable bonds is 3. The third-order valence-corrected chi connectivity index (χ3v) is 5.26. The summed E-state index contributed by atoms with van der Waals surface area (Å²) in [6.07, 6.45) is 1.69. The summed E-state index contributed by atoms with van der Waals surface area (Å²) in [6, 6.07) is 12.5. The van der Waals surface area contributed by atoms with E-state index in [0.29, 0.717) is 17.0 Å². The van der Waals surface area contributed by atoms with E-state index in [0.717, 1.165) is 44.4 Å². The fourth-order valence-corrected chi connectivity index (χ4v) is 3.96. The number of nitrogens with one attached hydrogen (secondary N) is 1. The highest BCUT2D eigenvalue weighted by atomic mass is 19.1. The highest BCUT2D eigenvalue weighted by Crippen LogP contribution is 2.41. The van der Waals surface area contributed by atoms with Gasteiger partial charge in [-0.15, -0.1) is 0 Å². The van der Waals surface area contributed by atoms with Crippen molar-refractivity contribution in [2.24, 2.45) is 0 Å². The Kier molecular flexibility index (Phi) is 3.87. The average Bonchev–Trinajstić information content (AvgIpc) is 3.26. The number of methoxy groups -OCH3 is 1. The number of ether oxygens (including phenoxy) is 1. The fourth-order valence-electron chi connectivity index (χ4n) is 3.96. The van der Waals surface area contributed by atoms with Crippen LogP contribution in [0.1, 0.15) is 11.5 Å². The molecule has 2 aromatic carbocycles. The maximum absolute atomic E-state index is 14.5. The molecule has 0 aliphatic heterocycles. The lowest BCUT2D eigenvalue weighted by Gasteiger charge is -2.09. The fraction of sp³-hybridized carbons (Fsp3) is 0.130. The van der Waals surface area contributed by atoms with E-state index in [1.807, 2.05) is 38.1 Å². The van der Waals surface area contributed by atoms with Gasteiger partial charge in [-0.3, -0.25) is 4.98 Å². The van der Waals surface area contributed by atoms with Crippen LogP contribution in [0.3, 0.4) is 0 Å². The van der Waals surface area contributed by atoms with Gasteiger partial charge in [0.1, 0.15) is 17.3 Å². The third-order valence-electron chi connectivity index (χ3n) is 5.26. The van der Waals surface area contributed by atoms with E-state index in [4.69, 9.17) is 9.26 Å². The Bertz CT molecular complexity index is 1360. The third kappa shape index (κ3) is 2.60. The molecule has 1 N–H and O–H groups in total. The van der Waals surface area contributed by atoms with Crippen LogP contribution in [0.15, 0.2) is 53.2 Å². The van der Waals surface area contributed by atoms with Crippen LogP contribution in [0.4, 0.5) is 4.39 Å². The van der Waals surface area contributed by atoms with E-state index in [-0.39, 0.29) is 5.82 Å².